The number of unbranched alkanes of at least 4 members (excludes halogenated alkanes) is 1. The van der Waals surface area contributed by atoms with Crippen molar-refractivity contribution < 1.29 is 38.8 Å². The van der Waals surface area contributed by atoms with E-state index in [1.165, 1.54) is 13.0 Å². The summed E-state index contributed by atoms with van der Waals surface area (Å²) in [7, 11) is 0. The topological polar surface area (TPSA) is 143 Å². The van der Waals surface area contributed by atoms with Crippen LogP contribution in [-0.4, -0.2) is 70.8 Å². The molecule has 0 aliphatic carbocycles. The fourth-order valence-electron chi connectivity index (χ4n) is 3.60. The van der Waals surface area contributed by atoms with Crippen molar-refractivity contribution in [2.24, 2.45) is 0 Å². The first kappa shape index (κ1) is 29.7. The number of carbonyl (C=O) groups is 3. The molecule has 1 rings (SSSR count). The number of carbonyl (C=O) groups excluding carboxylic acids is 2. The molecular weight excluding hydrogens is 444 g/mol. The van der Waals surface area contributed by atoms with Crippen LogP contribution in [0.15, 0.2) is 11.8 Å². The zero-order valence-corrected chi connectivity index (χ0v) is 21.3. The minimum Gasteiger partial charge on any atom is -0.478 e. The number of aliphatic hydroxyl groups is 1. The Balaban J connectivity index is 2.48. The van der Waals surface area contributed by atoms with Gasteiger partial charge in [-0.2, -0.15) is 0 Å². The number of rotatable bonds is 14. The van der Waals surface area contributed by atoms with E-state index < -0.39 is 35.9 Å². The molecule has 0 spiro atoms. The molecule has 0 fully saturated rings. The Morgan fingerprint density at radius 3 is 2.47 bits per heavy atom. The van der Waals surface area contributed by atoms with E-state index in [1.54, 1.807) is 13.8 Å². The Labute approximate surface area is 202 Å². The number of carboxylic acid groups (broad SMARTS) is 1. The third kappa shape index (κ3) is 11.2. The normalized spacial score (nSPS) is 19.4. The van der Waals surface area contributed by atoms with E-state index in [0.717, 1.165) is 19.3 Å². The monoisotopic (exact) mass is 486 g/mol. The lowest BCUT2D eigenvalue weighted by atomic mass is 9.97. The summed E-state index contributed by atoms with van der Waals surface area (Å²) in [6, 6.07) is -0.580. The van der Waals surface area contributed by atoms with Gasteiger partial charge >= 0.3 is 12.1 Å². The van der Waals surface area contributed by atoms with Crippen molar-refractivity contribution in [2.45, 2.75) is 110 Å². The van der Waals surface area contributed by atoms with Crippen LogP contribution in [0.5, 0.6) is 0 Å². The second-order valence-electron chi connectivity index (χ2n) is 9.89. The van der Waals surface area contributed by atoms with Gasteiger partial charge in [0.25, 0.3) is 0 Å². The second-order valence-corrected chi connectivity index (χ2v) is 9.89. The summed E-state index contributed by atoms with van der Waals surface area (Å²) in [6.45, 7) is 11.7. The number of carboxylic acids is 1. The predicted molar refractivity (Wildman–Crippen MR) is 126 cm³/mol. The Morgan fingerprint density at radius 2 is 1.88 bits per heavy atom. The number of amides is 2. The van der Waals surface area contributed by atoms with E-state index in [2.05, 4.69) is 31.4 Å². The van der Waals surface area contributed by atoms with E-state index in [0.29, 0.717) is 13.0 Å². The largest absolute Gasteiger partial charge is 0.478 e. The predicted octanol–water partition coefficient (Wildman–Crippen LogP) is 2.88. The molecule has 4 N–H and O–H groups in total. The van der Waals surface area contributed by atoms with Crippen LogP contribution in [0.2, 0.25) is 0 Å². The molecular formula is C24H42N2O8. The molecule has 0 aromatic heterocycles. The molecule has 10 nitrogen and oxygen atoms in total. The Morgan fingerprint density at radius 1 is 1.21 bits per heavy atom. The number of hydrogen-bond acceptors (Lipinski definition) is 7. The maximum absolute atomic E-state index is 12.2. The van der Waals surface area contributed by atoms with Gasteiger partial charge in [0.1, 0.15) is 11.7 Å². The quantitative estimate of drug-likeness (QED) is 0.293. The number of aliphatic carboxylic acids is 1. The van der Waals surface area contributed by atoms with Gasteiger partial charge in [-0.1, -0.05) is 19.8 Å². The molecule has 2 amide bonds. The molecule has 10 heteroatoms. The van der Waals surface area contributed by atoms with Crippen LogP contribution >= 0.6 is 0 Å². The summed E-state index contributed by atoms with van der Waals surface area (Å²) in [5, 5.41) is 25.0. The van der Waals surface area contributed by atoms with Crippen LogP contribution in [0, 0.1) is 0 Å². The fraction of sp³-hybridized carbons (Fsp3) is 0.792. The molecule has 1 aliphatic heterocycles. The average Bonchev–Trinajstić information content (AvgIpc) is 2.71. The molecule has 196 valence electrons. The maximum Gasteiger partial charge on any atom is 0.407 e. The summed E-state index contributed by atoms with van der Waals surface area (Å²) in [4.78, 5) is 34.9. The van der Waals surface area contributed by atoms with Gasteiger partial charge in [-0.3, -0.25) is 4.79 Å². The van der Waals surface area contributed by atoms with Crippen LogP contribution in [0.4, 0.5) is 4.79 Å². The Hall–Kier alpha value is -2.33. The van der Waals surface area contributed by atoms with Crippen molar-refractivity contribution in [2.75, 3.05) is 13.2 Å². The summed E-state index contributed by atoms with van der Waals surface area (Å²) in [5.41, 5.74) is -0.968. The molecule has 0 radical (unpaired) electrons. The summed E-state index contributed by atoms with van der Waals surface area (Å²) in [5.74, 6) is -1.85. The number of hydrogen-bond donors (Lipinski definition) is 4. The van der Waals surface area contributed by atoms with Gasteiger partial charge in [0.2, 0.25) is 11.7 Å². The van der Waals surface area contributed by atoms with Crippen molar-refractivity contribution in [1.82, 2.24) is 10.6 Å². The lowest BCUT2D eigenvalue weighted by molar-refractivity contribution is -0.141. The van der Waals surface area contributed by atoms with Crippen LogP contribution in [0.25, 0.3) is 0 Å². The SMILES string of the molecule is CCCCC(C)(C)OCCC(C)(C)OC(=O)NCC[C@@H](O)[C@@H]1OC(C(=O)O)=CC[C@H]1NC(C)=O. The summed E-state index contributed by atoms with van der Waals surface area (Å²) >= 11 is 0. The van der Waals surface area contributed by atoms with Gasteiger partial charge in [0, 0.05) is 19.9 Å². The molecule has 0 aromatic rings. The van der Waals surface area contributed by atoms with Gasteiger partial charge in [-0.15, -0.1) is 0 Å². The third-order valence-corrected chi connectivity index (χ3v) is 5.60. The Kier molecular flexibility index (Phi) is 11.8. The van der Waals surface area contributed by atoms with Gasteiger partial charge in [-0.05, 0) is 53.0 Å². The van der Waals surface area contributed by atoms with Crippen molar-refractivity contribution in [3.8, 4) is 0 Å². The van der Waals surface area contributed by atoms with Gasteiger partial charge < -0.3 is 35.1 Å². The van der Waals surface area contributed by atoms with Crippen molar-refractivity contribution in [1.29, 1.82) is 0 Å². The highest BCUT2D eigenvalue weighted by Gasteiger charge is 2.35. The van der Waals surface area contributed by atoms with E-state index in [4.69, 9.17) is 19.3 Å². The molecule has 0 aromatic carbocycles. The molecule has 1 aliphatic rings. The van der Waals surface area contributed by atoms with E-state index >= 15 is 0 Å². The fourth-order valence-corrected chi connectivity index (χ4v) is 3.60. The molecule has 0 bridgehead atoms. The molecule has 0 saturated carbocycles. The molecule has 3 atom stereocenters. The van der Waals surface area contributed by atoms with Crippen molar-refractivity contribution >= 4 is 18.0 Å². The zero-order valence-electron chi connectivity index (χ0n) is 21.3. The van der Waals surface area contributed by atoms with E-state index in [-0.39, 0.29) is 36.7 Å². The second kappa shape index (κ2) is 13.5. The molecule has 0 unspecified atom stereocenters. The molecule has 34 heavy (non-hydrogen) atoms. The number of aliphatic hydroxyl groups excluding tert-OH is 1. The highest BCUT2D eigenvalue weighted by molar-refractivity contribution is 5.84. The van der Waals surface area contributed by atoms with Crippen LogP contribution in [0.3, 0.4) is 0 Å². The third-order valence-electron chi connectivity index (χ3n) is 5.60. The minimum absolute atomic E-state index is 0.0788. The van der Waals surface area contributed by atoms with Crippen LogP contribution in [0.1, 0.15) is 80.1 Å². The highest BCUT2D eigenvalue weighted by Crippen LogP contribution is 2.23. The molecule has 0 saturated heterocycles. The van der Waals surface area contributed by atoms with Crippen LogP contribution in [-0.2, 0) is 23.8 Å². The first-order chi connectivity index (χ1) is 15.8. The smallest absolute Gasteiger partial charge is 0.407 e. The maximum atomic E-state index is 12.2. The highest BCUT2D eigenvalue weighted by atomic mass is 16.6. The van der Waals surface area contributed by atoms with E-state index in [1.807, 2.05) is 0 Å². The zero-order chi connectivity index (χ0) is 25.9. The average molecular weight is 487 g/mol. The summed E-state index contributed by atoms with van der Waals surface area (Å²) < 4.78 is 16.8. The lowest BCUT2D eigenvalue weighted by Crippen LogP contribution is -2.51. The molecule has 1 heterocycles. The first-order valence-corrected chi connectivity index (χ1v) is 11.9. The van der Waals surface area contributed by atoms with Gasteiger partial charge in [0.15, 0.2) is 0 Å². The first-order valence-electron chi connectivity index (χ1n) is 11.9. The van der Waals surface area contributed by atoms with Crippen molar-refractivity contribution in [3.05, 3.63) is 11.8 Å². The number of nitrogens with one attached hydrogen (secondary N) is 2. The van der Waals surface area contributed by atoms with Crippen molar-refractivity contribution in [3.63, 3.8) is 0 Å². The van der Waals surface area contributed by atoms with Crippen LogP contribution < -0.4 is 10.6 Å². The van der Waals surface area contributed by atoms with Gasteiger partial charge in [0.05, 0.1) is 24.4 Å². The standard InChI is InChI=1S/C24H42N2O8/c1-7-8-12-23(3,4)32-15-13-24(5,6)34-22(31)25-14-11-18(28)20-17(26-16(2)27)9-10-19(33-20)21(29)30/h10,17-18,20,28H,7-9,11-15H2,1-6H3,(H,25,31)(H,26,27)(H,29,30)/t17-,18-,20-/m1/s1. The summed E-state index contributed by atoms with van der Waals surface area (Å²) in [6.07, 6.45) is 2.63. The van der Waals surface area contributed by atoms with E-state index in [9.17, 15) is 19.5 Å². The number of ether oxygens (including phenoxy) is 3. The number of alkyl carbamates (subject to hydrolysis) is 1. The van der Waals surface area contributed by atoms with Gasteiger partial charge in [-0.25, -0.2) is 9.59 Å². The lowest BCUT2D eigenvalue weighted by Gasteiger charge is -2.34. The Bertz CT molecular complexity index is 720. The minimum atomic E-state index is -1.25.